The third-order valence-corrected chi connectivity index (χ3v) is 2.93. The summed E-state index contributed by atoms with van der Waals surface area (Å²) in [5.74, 6) is 0.0604. The molecule has 21 heavy (non-hydrogen) atoms. The van der Waals surface area contributed by atoms with Crippen LogP contribution in [0.5, 0.6) is 0 Å². The van der Waals surface area contributed by atoms with Crippen LogP contribution in [0.4, 0.5) is 5.82 Å². The molecule has 2 aromatic rings. The van der Waals surface area contributed by atoms with E-state index >= 15 is 0 Å². The molecule has 0 spiro atoms. The van der Waals surface area contributed by atoms with E-state index in [1.165, 1.54) is 18.5 Å². The lowest BCUT2D eigenvalue weighted by molar-refractivity contribution is -0.112. The van der Waals surface area contributed by atoms with Crippen molar-refractivity contribution in [1.29, 1.82) is 0 Å². The fourth-order valence-electron chi connectivity index (χ4n) is 1.86. The lowest BCUT2D eigenvalue weighted by atomic mass is 10.2. The van der Waals surface area contributed by atoms with Crippen LogP contribution in [-0.4, -0.2) is 25.4 Å². The van der Waals surface area contributed by atoms with Gasteiger partial charge in [0.15, 0.2) is 17.0 Å². The van der Waals surface area contributed by atoms with Crippen molar-refractivity contribution in [2.24, 2.45) is 0 Å². The van der Waals surface area contributed by atoms with Gasteiger partial charge in [0.2, 0.25) is 0 Å². The van der Waals surface area contributed by atoms with E-state index in [-0.39, 0.29) is 11.9 Å². The second kappa shape index (κ2) is 6.13. The zero-order valence-electron chi connectivity index (χ0n) is 12.1. The van der Waals surface area contributed by atoms with E-state index in [1.54, 1.807) is 12.4 Å². The normalized spacial score (nSPS) is 11.7. The maximum Gasteiger partial charge on any atom is 0.256 e. The first kappa shape index (κ1) is 14.6. The minimum atomic E-state index is -0.316. The Morgan fingerprint density at radius 3 is 2.71 bits per heavy atom. The van der Waals surface area contributed by atoms with E-state index in [0.717, 1.165) is 0 Å². The zero-order chi connectivity index (χ0) is 15.4. The molecule has 6 heteroatoms. The van der Waals surface area contributed by atoms with Crippen molar-refractivity contribution in [2.45, 2.75) is 19.9 Å². The van der Waals surface area contributed by atoms with Crippen molar-refractivity contribution in [3.63, 3.8) is 0 Å². The number of hydrogen-bond acceptors (Lipinski definition) is 4. The largest absolute Gasteiger partial charge is 0.313 e. The summed E-state index contributed by atoms with van der Waals surface area (Å²) in [5.41, 5.74) is 1.64. The van der Waals surface area contributed by atoms with Crippen molar-refractivity contribution in [1.82, 2.24) is 19.5 Å². The van der Waals surface area contributed by atoms with Gasteiger partial charge in [0.25, 0.3) is 5.91 Å². The van der Waals surface area contributed by atoms with Gasteiger partial charge in [-0.3, -0.25) is 4.79 Å². The number of carbonyl (C=O) groups excluding carboxylic acids is 1. The first-order chi connectivity index (χ1) is 10.1. The molecule has 0 saturated heterocycles. The molecule has 0 unspecified atom stereocenters. The topological polar surface area (TPSA) is 72.7 Å². The molecule has 0 bridgehead atoms. The lowest BCUT2D eigenvalue weighted by Crippen LogP contribution is -2.14. The molecule has 0 aliphatic heterocycles. The highest BCUT2D eigenvalue weighted by Gasteiger charge is 2.14. The van der Waals surface area contributed by atoms with Crippen molar-refractivity contribution in [3.05, 3.63) is 49.6 Å². The Labute approximate surface area is 122 Å². The Bertz CT molecular complexity index is 727. The molecular formula is C15H17N5O. The lowest BCUT2D eigenvalue weighted by Gasteiger charge is -2.08. The van der Waals surface area contributed by atoms with E-state index in [2.05, 4.69) is 33.4 Å². The van der Waals surface area contributed by atoms with E-state index in [9.17, 15) is 4.79 Å². The van der Waals surface area contributed by atoms with Crippen molar-refractivity contribution < 1.29 is 4.79 Å². The summed E-state index contributed by atoms with van der Waals surface area (Å²) >= 11 is 0. The highest BCUT2D eigenvalue weighted by molar-refractivity contribution is 6.08. The van der Waals surface area contributed by atoms with E-state index in [1.807, 2.05) is 18.4 Å². The van der Waals surface area contributed by atoms with Gasteiger partial charge in [-0.1, -0.05) is 31.4 Å². The van der Waals surface area contributed by atoms with Gasteiger partial charge in [-0.25, -0.2) is 15.0 Å². The number of allylic oxidation sites excluding steroid dienone is 2. The number of anilines is 1. The van der Waals surface area contributed by atoms with Gasteiger partial charge in [0, 0.05) is 11.6 Å². The number of nitrogens with one attached hydrogen (secondary N) is 1. The number of hydrogen-bond donors (Lipinski definition) is 1. The third-order valence-electron chi connectivity index (χ3n) is 2.93. The second-order valence-corrected chi connectivity index (χ2v) is 4.66. The maximum atomic E-state index is 12.1. The maximum absolute atomic E-state index is 12.1. The predicted molar refractivity (Wildman–Crippen MR) is 82.8 cm³/mol. The third kappa shape index (κ3) is 2.89. The summed E-state index contributed by atoms with van der Waals surface area (Å²) in [6.45, 7) is 11.2. The van der Waals surface area contributed by atoms with Crippen molar-refractivity contribution in [2.75, 3.05) is 5.32 Å². The van der Waals surface area contributed by atoms with Crippen LogP contribution in [0.1, 0.15) is 19.9 Å². The number of rotatable bonds is 5. The molecule has 0 fully saturated rings. The van der Waals surface area contributed by atoms with Crippen LogP contribution in [0.25, 0.3) is 11.2 Å². The Kier molecular flexibility index (Phi) is 4.27. The number of carbonyl (C=O) groups is 1. The highest BCUT2D eigenvalue weighted by Crippen LogP contribution is 2.20. The predicted octanol–water partition coefficient (Wildman–Crippen LogP) is 2.64. The smallest absolute Gasteiger partial charge is 0.256 e. The molecule has 6 nitrogen and oxygen atoms in total. The Hall–Kier alpha value is -2.76. The van der Waals surface area contributed by atoms with Gasteiger partial charge >= 0.3 is 0 Å². The van der Waals surface area contributed by atoms with Crippen molar-refractivity contribution >= 4 is 22.9 Å². The summed E-state index contributed by atoms with van der Waals surface area (Å²) in [6, 6.07) is 0.220. The zero-order valence-corrected chi connectivity index (χ0v) is 12.1. The van der Waals surface area contributed by atoms with Crippen LogP contribution < -0.4 is 5.32 Å². The molecule has 2 aromatic heterocycles. The van der Waals surface area contributed by atoms with Crippen molar-refractivity contribution in [3.8, 4) is 0 Å². The van der Waals surface area contributed by atoms with Gasteiger partial charge in [-0.2, -0.15) is 0 Å². The molecule has 0 atom stereocenters. The number of imidazole rings is 1. The quantitative estimate of drug-likeness (QED) is 0.676. The molecule has 0 aliphatic rings. The standard InChI is InChI=1S/C15H17N5O/c1-5-7-11(6-2)15(21)19-13-12-14(17-8-16-13)20(9-18-12)10(3)4/h5-10H,1-2H2,3-4H3,(H,16,17,19,21)/b11-7+. The summed E-state index contributed by atoms with van der Waals surface area (Å²) in [6.07, 6.45) is 7.66. The summed E-state index contributed by atoms with van der Waals surface area (Å²) in [5, 5.41) is 2.72. The van der Waals surface area contributed by atoms with Crippen LogP contribution in [0.15, 0.2) is 49.6 Å². The van der Waals surface area contributed by atoms with Crippen LogP contribution in [0, 0.1) is 0 Å². The van der Waals surface area contributed by atoms with Gasteiger partial charge in [0.1, 0.15) is 6.33 Å². The average Bonchev–Trinajstić information content (AvgIpc) is 2.89. The molecule has 108 valence electrons. The molecule has 0 aliphatic carbocycles. The molecule has 2 rings (SSSR count). The summed E-state index contributed by atoms with van der Waals surface area (Å²) in [4.78, 5) is 24.7. The fraction of sp³-hybridized carbons (Fsp3) is 0.200. The number of fused-ring (bicyclic) bond motifs is 1. The Morgan fingerprint density at radius 1 is 1.33 bits per heavy atom. The molecule has 0 radical (unpaired) electrons. The van der Waals surface area contributed by atoms with E-state index in [4.69, 9.17) is 0 Å². The van der Waals surface area contributed by atoms with Crippen LogP contribution in [0.2, 0.25) is 0 Å². The minimum Gasteiger partial charge on any atom is -0.313 e. The minimum absolute atomic E-state index is 0.220. The van der Waals surface area contributed by atoms with Gasteiger partial charge < -0.3 is 9.88 Å². The Balaban J connectivity index is 2.39. The first-order valence-corrected chi connectivity index (χ1v) is 6.52. The molecule has 0 aromatic carbocycles. The number of amides is 1. The van der Waals surface area contributed by atoms with Crippen LogP contribution >= 0.6 is 0 Å². The molecule has 0 saturated carbocycles. The van der Waals surface area contributed by atoms with Crippen LogP contribution in [-0.2, 0) is 4.79 Å². The van der Waals surface area contributed by atoms with E-state index in [0.29, 0.717) is 22.6 Å². The fourth-order valence-corrected chi connectivity index (χ4v) is 1.86. The molecule has 1 amide bonds. The first-order valence-electron chi connectivity index (χ1n) is 6.52. The SMILES string of the molecule is C=C/C=C(\C=C)C(=O)Nc1ncnc2c1ncn2C(C)C. The average molecular weight is 283 g/mol. The second-order valence-electron chi connectivity index (χ2n) is 4.66. The number of aromatic nitrogens is 4. The Morgan fingerprint density at radius 2 is 2.10 bits per heavy atom. The summed E-state index contributed by atoms with van der Waals surface area (Å²) < 4.78 is 1.92. The number of nitrogens with zero attached hydrogens (tertiary/aromatic N) is 4. The monoisotopic (exact) mass is 283 g/mol. The summed E-state index contributed by atoms with van der Waals surface area (Å²) in [7, 11) is 0. The van der Waals surface area contributed by atoms with Crippen LogP contribution in [0.3, 0.4) is 0 Å². The highest BCUT2D eigenvalue weighted by atomic mass is 16.1. The van der Waals surface area contributed by atoms with Gasteiger partial charge in [0.05, 0.1) is 6.33 Å². The molecule has 1 N–H and O–H groups in total. The van der Waals surface area contributed by atoms with Gasteiger partial charge in [-0.05, 0) is 13.8 Å². The van der Waals surface area contributed by atoms with Gasteiger partial charge in [-0.15, -0.1) is 0 Å². The molecular weight excluding hydrogens is 266 g/mol. The van der Waals surface area contributed by atoms with E-state index < -0.39 is 0 Å². The molecule has 2 heterocycles.